The molecule has 106 valence electrons. The van der Waals surface area contributed by atoms with Crippen LogP contribution in [0.15, 0.2) is 6.20 Å². The van der Waals surface area contributed by atoms with Gasteiger partial charge in [-0.3, -0.25) is 9.48 Å². The Morgan fingerprint density at radius 1 is 1.53 bits per heavy atom. The molecule has 0 aliphatic heterocycles. The number of aryl methyl sites for hydroxylation is 1. The number of hydrogen-bond acceptors (Lipinski definition) is 3. The highest BCUT2D eigenvalue weighted by Gasteiger charge is 2.33. The van der Waals surface area contributed by atoms with Gasteiger partial charge in [-0.05, 0) is 31.7 Å². The molecular formula is C14H22ClN3O. The third kappa shape index (κ3) is 3.00. The standard InChI is InChI=1S/C14H22ClN3O/c1-2-7-18-13(12(15)9-17-18)14(19)11-6-4-3-5-10(11)8-16/h9-11H,2-8,16H2,1H3. The van der Waals surface area contributed by atoms with Gasteiger partial charge >= 0.3 is 0 Å². The molecule has 1 aromatic heterocycles. The monoisotopic (exact) mass is 283 g/mol. The van der Waals surface area contributed by atoms with Crippen molar-refractivity contribution in [3.8, 4) is 0 Å². The molecule has 2 unspecified atom stereocenters. The maximum absolute atomic E-state index is 12.7. The molecule has 0 bridgehead atoms. The van der Waals surface area contributed by atoms with Gasteiger partial charge in [0.1, 0.15) is 5.69 Å². The predicted molar refractivity (Wildman–Crippen MR) is 76.4 cm³/mol. The van der Waals surface area contributed by atoms with E-state index in [0.29, 0.717) is 23.2 Å². The van der Waals surface area contributed by atoms with Crippen LogP contribution in [0.1, 0.15) is 49.5 Å². The Bertz CT molecular complexity index is 444. The molecule has 0 saturated heterocycles. The summed E-state index contributed by atoms with van der Waals surface area (Å²) in [5.74, 6) is 0.442. The fourth-order valence-corrected chi connectivity index (χ4v) is 3.23. The summed E-state index contributed by atoms with van der Waals surface area (Å²) in [7, 11) is 0. The van der Waals surface area contributed by atoms with E-state index >= 15 is 0 Å². The number of nitrogens with two attached hydrogens (primary N) is 1. The first-order valence-corrected chi connectivity index (χ1v) is 7.52. The average Bonchev–Trinajstić information content (AvgIpc) is 2.79. The molecule has 1 fully saturated rings. The zero-order valence-electron chi connectivity index (χ0n) is 11.4. The van der Waals surface area contributed by atoms with Gasteiger partial charge in [0.05, 0.1) is 11.2 Å². The van der Waals surface area contributed by atoms with E-state index in [0.717, 1.165) is 32.2 Å². The van der Waals surface area contributed by atoms with E-state index in [1.165, 1.54) is 6.42 Å². The summed E-state index contributed by atoms with van der Waals surface area (Å²) in [6.45, 7) is 3.37. The molecule has 1 heterocycles. The van der Waals surface area contributed by atoms with Gasteiger partial charge < -0.3 is 5.73 Å². The topological polar surface area (TPSA) is 60.9 Å². The lowest BCUT2D eigenvalue weighted by atomic mass is 9.76. The van der Waals surface area contributed by atoms with E-state index in [2.05, 4.69) is 12.0 Å². The third-order valence-corrected chi connectivity index (χ3v) is 4.29. The number of ketones is 1. The summed E-state index contributed by atoms with van der Waals surface area (Å²) in [6.07, 6.45) is 6.76. The first kappa shape index (κ1) is 14.5. The summed E-state index contributed by atoms with van der Waals surface area (Å²) >= 11 is 6.15. The van der Waals surface area contributed by atoms with Crippen LogP contribution in [-0.2, 0) is 6.54 Å². The summed E-state index contributed by atoms with van der Waals surface area (Å²) in [4.78, 5) is 12.7. The minimum Gasteiger partial charge on any atom is -0.330 e. The number of nitrogens with zero attached hydrogens (tertiary/aromatic N) is 2. The van der Waals surface area contributed by atoms with E-state index in [1.54, 1.807) is 10.9 Å². The van der Waals surface area contributed by atoms with Crippen LogP contribution in [0.2, 0.25) is 5.02 Å². The van der Waals surface area contributed by atoms with Crippen molar-refractivity contribution in [2.24, 2.45) is 17.6 Å². The van der Waals surface area contributed by atoms with Gasteiger partial charge in [-0.15, -0.1) is 0 Å². The van der Waals surface area contributed by atoms with Crippen LogP contribution in [0.4, 0.5) is 0 Å². The van der Waals surface area contributed by atoms with E-state index in [1.807, 2.05) is 0 Å². The Hall–Kier alpha value is -0.870. The lowest BCUT2D eigenvalue weighted by molar-refractivity contribution is 0.0818. The molecule has 2 atom stereocenters. The average molecular weight is 284 g/mol. The number of halogens is 1. The molecule has 19 heavy (non-hydrogen) atoms. The molecule has 1 aliphatic carbocycles. The van der Waals surface area contributed by atoms with Gasteiger partial charge in [-0.25, -0.2) is 0 Å². The summed E-state index contributed by atoms with van der Waals surface area (Å²) < 4.78 is 1.74. The molecule has 4 nitrogen and oxygen atoms in total. The largest absolute Gasteiger partial charge is 0.330 e. The van der Waals surface area contributed by atoms with Crippen LogP contribution in [0.3, 0.4) is 0 Å². The number of aromatic nitrogens is 2. The molecule has 1 saturated carbocycles. The van der Waals surface area contributed by atoms with E-state index in [4.69, 9.17) is 17.3 Å². The van der Waals surface area contributed by atoms with Crippen LogP contribution >= 0.6 is 11.6 Å². The van der Waals surface area contributed by atoms with E-state index in [9.17, 15) is 4.79 Å². The van der Waals surface area contributed by atoms with Gasteiger partial charge in [0.15, 0.2) is 5.78 Å². The highest BCUT2D eigenvalue weighted by atomic mass is 35.5. The molecule has 1 aromatic rings. The van der Waals surface area contributed by atoms with E-state index < -0.39 is 0 Å². The van der Waals surface area contributed by atoms with Crippen molar-refractivity contribution >= 4 is 17.4 Å². The molecule has 0 radical (unpaired) electrons. The zero-order valence-corrected chi connectivity index (χ0v) is 12.2. The summed E-state index contributed by atoms with van der Waals surface area (Å²) in [5.41, 5.74) is 6.39. The molecule has 1 aliphatic rings. The van der Waals surface area contributed by atoms with Crippen LogP contribution in [0.5, 0.6) is 0 Å². The van der Waals surface area contributed by atoms with Crippen molar-refractivity contribution in [2.45, 2.75) is 45.6 Å². The molecule has 2 rings (SSSR count). The number of carbonyl (C=O) groups is 1. The number of rotatable bonds is 5. The quantitative estimate of drug-likeness (QED) is 0.845. The Kier molecular flexibility index (Phi) is 4.99. The lowest BCUT2D eigenvalue weighted by Gasteiger charge is -2.29. The van der Waals surface area contributed by atoms with Gasteiger partial charge in [0.2, 0.25) is 0 Å². The Labute approximate surface area is 119 Å². The van der Waals surface area contributed by atoms with Crippen LogP contribution < -0.4 is 5.73 Å². The number of carbonyl (C=O) groups excluding carboxylic acids is 1. The van der Waals surface area contributed by atoms with E-state index in [-0.39, 0.29) is 11.7 Å². The Morgan fingerprint density at radius 3 is 2.95 bits per heavy atom. The van der Waals surface area contributed by atoms with Crippen molar-refractivity contribution in [1.29, 1.82) is 0 Å². The zero-order chi connectivity index (χ0) is 13.8. The molecule has 2 N–H and O–H groups in total. The van der Waals surface area contributed by atoms with Gasteiger partial charge in [0, 0.05) is 12.5 Å². The predicted octanol–water partition coefficient (Wildman–Crippen LogP) is 2.89. The minimum atomic E-state index is 0.0172. The molecule has 5 heteroatoms. The first-order chi connectivity index (χ1) is 9.19. The van der Waals surface area contributed by atoms with Crippen molar-refractivity contribution in [1.82, 2.24) is 9.78 Å². The van der Waals surface area contributed by atoms with Gasteiger partial charge in [-0.1, -0.05) is 31.4 Å². The van der Waals surface area contributed by atoms with Crippen molar-refractivity contribution in [3.05, 3.63) is 16.9 Å². The Morgan fingerprint density at radius 2 is 2.26 bits per heavy atom. The van der Waals surface area contributed by atoms with Crippen molar-refractivity contribution < 1.29 is 4.79 Å². The Balaban J connectivity index is 2.24. The van der Waals surface area contributed by atoms with Crippen molar-refractivity contribution in [3.63, 3.8) is 0 Å². The third-order valence-electron chi connectivity index (χ3n) is 4.01. The second-order valence-corrected chi connectivity index (χ2v) is 5.72. The SMILES string of the molecule is CCCn1ncc(Cl)c1C(=O)C1CCCCC1CN. The molecule has 0 spiro atoms. The molecule has 0 amide bonds. The summed E-state index contributed by atoms with van der Waals surface area (Å²) in [6, 6.07) is 0. The highest BCUT2D eigenvalue weighted by Crippen LogP contribution is 2.33. The maximum Gasteiger partial charge on any atom is 0.185 e. The minimum absolute atomic E-state index is 0.0172. The maximum atomic E-state index is 12.7. The fraction of sp³-hybridized carbons (Fsp3) is 0.714. The normalized spacial score (nSPS) is 23.5. The number of Topliss-reactive ketones (excluding diaryl/α,β-unsaturated/α-hetero) is 1. The number of hydrogen-bond donors (Lipinski definition) is 1. The van der Waals surface area contributed by atoms with Crippen LogP contribution in [-0.4, -0.2) is 22.1 Å². The first-order valence-electron chi connectivity index (χ1n) is 7.14. The van der Waals surface area contributed by atoms with Gasteiger partial charge in [-0.2, -0.15) is 5.10 Å². The highest BCUT2D eigenvalue weighted by molar-refractivity contribution is 6.33. The van der Waals surface area contributed by atoms with Crippen LogP contribution in [0, 0.1) is 11.8 Å². The van der Waals surface area contributed by atoms with Gasteiger partial charge in [0.25, 0.3) is 0 Å². The second kappa shape index (κ2) is 6.53. The molecule has 0 aromatic carbocycles. The van der Waals surface area contributed by atoms with Crippen LogP contribution in [0.25, 0.3) is 0 Å². The molecular weight excluding hydrogens is 262 g/mol. The smallest absolute Gasteiger partial charge is 0.185 e. The van der Waals surface area contributed by atoms with Crippen molar-refractivity contribution in [2.75, 3.05) is 6.54 Å². The fourth-order valence-electron chi connectivity index (χ4n) is 3.00. The second-order valence-electron chi connectivity index (χ2n) is 5.32. The summed E-state index contributed by atoms with van der Waals surface area (Å²) in [5, 5.41) is 4.68. The lowest BCUT2D eigenvalue weighted by Crippen LogP contribution is -2.33.